The number of aromatic nitrogens is 4. The number of anilines is 2. The van der Waals surface area contributed by atoms with Gasteiger partial charge in [-0.2, -0.15) is 4.31 Å². The minimum absolute atomic E-state index is 0.0594. The highest BCUT2D eigenvalue weighted by atomic mass is 35.5. The van der Waals surface area contributed by atoms with Crippen molar-refractivity contribution in [3.05, 3.63) is 83.0 Å². The fraction of sp³-hybridized carbons (Fsp3) is 0.371. The van der Waals surface area contributed by atoms with Crippen LogP contribution in [0.4, 0.5) is 11.6 Å². The predicted octanol–water partition coefficient (Wildman–Crippen LogP) is 5.20. The zero-order valence-corrected chi connectivity index (χ0v) is 29.9. The molecule has 0 spiro atoms. The highest BCUT2D eigenvalue weighted by Crippen LogP contribution is 2.45. The van der Waals surface area contributed by atoms with Crippen molar-refractivity contribution in [2.45, 2.75) is 74.5 Å². The van der Waals surface area contributed by atoms with Gasteiger partial charge in [0, 0.05) is 47.0 Å². The van der Waals surface area contributed by atoms with Gasteiger partial charge in [0.05, 0.1) is 17.8 Å². The van der Waals surface area contributed by atoms with E-state index in [2.05, 4.69) is 20.3 Å². The van der Waals surface area contributed by atoms with Crippen LogP contribution in [-0.2, 0) is 36.4 Å². The number of carbonyl (C=O) groups is 3. The molecule has 2 amide bonds. The number of hydrogen-bond donors (Lipinski definition) is 2. The van der Waals surface area contributed by atoms with E-state index in [9.17, 15) is 27.9 Å². The Kier molecular flexibility index (Phi) is 9.37. The molecule has 4 heterocycles. The second-order valence-corrected chi connectivity index (χ2v) is 16.1. The lowest BCUT2D eigenvalue weighted by atomic mass is 9.84. The van der Waals surface area contributed by atoms with E-state index in [0.717, 1.165) is 33.8 Å². The third-order valence-electron chi connectivity index (χ3n) is 10.1. The molecule has 266 valence electrons. The topological polar surface area (TPSA) is 168 Å². The number of sulfonamides is 1. The summed E-state index contributed by atoms with van der Waals surface area (Å²) in [4.78, 5) is 54.1. The summed E-state index contributed by atoms with van der Waals surface area (Å²) in [7, 11) is -4.43. The van der Waals surface area contributed by atoms with Crippen LogP contribution in [0.15, 0.2) is 72.4 Å². The first-order valence-corrected chi connectivity index (χ1v) is 18.9. The Morgan fingerprint density at radius 2 is 1.65 bits per heavy atom. The average molecular weight is 753 g/mol. The largest absolute Gasteiger partial charge is 0.481 e. The Bertz CT molecular complexity index is 2090. The zero-order chi connectivity index (χ0) is 36.1. The molecule has 1 saturated carbocycles. The van der Waals surface area contributed by atoms with Gasteiger partial charge in [0.15, 0.2) is 5.03 Å². The molecule has 1 aliphatic carbocycles. The summed E-state index contributed by atoms with van der Waals surface area (Å²) in [6, 6.07) is 10.5. The summed E-state index contributed by atoms with van der Waals surface area (Å²) in [5.41, 5.74) is 1.25. The van der Waals surface area contributed by atoms with Crippen LogP contribution in [0.5, 0.6) is 0 Å². The number of fused-ring (bicyclic) bond motifs is 1. The number of nitrogens with zero attached hydrogens (tertiary/aromatic N) is 6. The summed E-state index contributed by atoms with van der Waals surface area (Å²) in [6.45, 7) is 1.73. The summed E-state index contributed by atoms with van der Waals surface area (Å²) in [5, 5.41) is 12.9. The van der Waals surface area contributed by atoms with Crippen molar-refractivity contribution >= 4 is 62.6 Å². The molecule has 7 rings (SSSR count). The number of nitrogens with one attached hydrogen (secondary N) is 1. The van der Waals surface area contributed by atoms with Gasteiger partial charge in [0.1, 0.15) is 17.9 Å². The molecule has 2 aliphatic heterocycles. The van der Waals surface area contributed by atoms with Crippen molar-refractivity contribution in [1.29, 1.82) is 0 Å². The van der Waals surface area contributed by atoms with Crippen LogP contribution in [0, 0.1) is 5.92 Å². The minimum Gasteiger partial charge on any atom is -0.481 e. The van der Waals surface area contributed by atoms with Crippen molar-refractivity contribution < 1.29 is 27.9 Å². The number of halogens is 2. The van der Waals surface area contributed by atoms with Crippen LogP contribution in [0.2, 0.25) is 10.0 Å². The molecular weight excluding hydrogens is 717 g/mol. The maximum atomic E-state index is 14.6. The lowest BCUT2D eigenvalue weighted by Gasteiger charge is -2.32. The Labute approximate surface area is 304 Å². The van der Waals surface area contributed by atoms with Crippen LogP contribution in [0.3, 0.4) is 0 Å². The minimum atomic E-state index is -4.43. The standard InChI is InChI=1S/C35H35Cl2N7O6S/c1-35(16-21-8-10-22(11-9-21)23-17-38-20-39-18-23)33(48)43(26-14-24(36)13-25(37)15-26)34-40-19-30(44(34)35)51(49,50)42-12-4-7-29(42)31(45)41-28-6-3-2-5-27(28)32(46)47/h8-11,13-15,17-20,27-29H,2-7,12,16H2,1H3,(H,41,45)(H,46,47)/t27-,28-,29-,35+/m0/s1. The molecule has 0 unspecified atom stereocenters. The number of benzene rings is 2. The van der Waals surface area contributed by atoms with Crippen LogP contribution in [-0.4, -0.2) is 73.8 Å². The van der Waals surface area contributed by atoms with Crippen LogP contribution >= 0.6 is 23.2 Å². The fourth-order valence-corrected chi connectivity index (χ4v) is 9.92. The first kappa shape index (κ1) is 35.1. The fourth-order valence-electron chi connectivity index (χ4n) is 7.56. The summed E-state index contributed by atoms with van der Waals surface area (Å²) in [5.74, 6) is -2.64. The number of carboxylic acids is 1. The van der Waals surface area contributed by atoms with Gasteiger partial charge in [-0.25, -0.2) is 28.3 Å². The van der Waals surface area contributed by atoms with Gasteiger partial charge in [-0.3, -0.25) is 19.0 Å². The highest BCUT2D eigenvalue weighted by molar-refractivity contribution is 7.89. The van der Waals surface area contributed by atoms with Gasteiger partial charge >= 0.3 is 5.97 Å². The number of hydrogen-bond acceptors (Lipinski definition) is 8. The summed E-state index contributed by atoms with van der Waals surface area (Å²) >= 11 is 12.7. The van der Waals surface area contributed by atoms with Crippen LogP contribution in [0.25, 0.3) is 11.1 Å². The van der Waals surface area contributed by atoms with Gasteiger partial charge < -0.3 is 10.4 Å². The predicted molar refractivity (Wildman–Crippen MR) is 189 cm³/mol. The molecule has 2 fully saturated rings. The quantitative estimate of drug-likeness (QED) is 0.234. The lowest BCUT2D eigenvalue weighted by Crippen LogP contribution is -2.52. The van der Waals surface area contributed by atoms with Crippen LogP contribution < -0.4 is 10.2 Å². The molecule has 0 radical (unpaired) electrons. The maximum absolute atomic E-state index is 14.6. The Balaban J connectivity index is 1.26. The van der Waals surface area contributed by atoms with E-state index in [-0.39, 0.29) is 40.4 Å². The smallest absolute Gasteiger partial charge is 0.308 e. The first-order valence-electron chi connectivity index (χ1n) is 16.7. The third-order valence-corrected chi connectivity index (χ3v) is 12.4. The van der Waals surface area contributed by atoms with E-state index in [1.807, 2.05) is 24.3 Å². The number of imidazole rings is 1. The van der Waals surface area contributed by atoms with E-state index in [4.69, 9.17) is 23.2 Å². The summed E-state index contributed by atoms with van der Waals surface area (Å²) in [6.07, 6.45) is 9.29. The lowest BCUT2D eigenvalue weighted by molar-refractivity contribution is -0.144. The highest BCUT2D eigenvalue weighted by Gasteiger charge is 2.53. The summed E-state index contributed by atoms with van der Waals surface area (Å²) < 4.78 is 31.9. The maximum Gasteiger partial charge on any atom is 0.308 e. The molecular formula is C35H35Cl2N7O6S. The SMILES string of the molecule is C[C@@]1(Cc2ccc(-c3cncnc3)cc2)C(=O)N(c2cc(Cl)cc(Cl)c2)c2ncc(S(=O)(=O)N3CCC[C@H]3C(=O)N[C@H]3CCCC[C@@H]3C(=O)O)n21. The molecule has 1 saturated heterocycles. The van der Waals surface area contributed by atoms with Gasteiger partial charge in [-0.05, 0) is 61.9 Å². The molecule has 0 bridgehead atoms. The molecule has 4 aromatic rings. The molecule has 3 aliphatic rings. The molecule has 16 heteroatoms. The van der Waals surface area contributed by atoms with Gasteiger partial charge in [0.2, 0.25) is 11.9 Å². The van der Waals surface area contributed by atoms with Crippen molar-refractivity contribution in [3.63, 3.8) is 0 Å². The van der Waals surface area contributed by atoms with E-state index in [1.54, 1.807) is 31.5 Å². The third kappa shape index (κ3) is 6.39. The zero-order valence-electron chi connectivity index (χ0n) is 27.6. The van der Waals surface area contributed by atoms with Crippen molar-refractivity contribution in [2.75, 3.05) is 11.4 Å². The van der Waals surface area contributed by atoms with Gasteiger partial charge in [-0.1, -0.05) is 60.3 Å². The number of rotatable bonds is 9. The van der Waals surface area contributed by atoms with Crippen molar-refractivity contribution in [3.8, 4) is 11.1 Å². The van der Waals surface area contributed by atoms with E-state index >= 15 is 0 Å². The number of amides is 2. The van der Waals surface area contributed by atoms with E-state index < -0.39 is 51.3 Å². The Hall–Kier alpha value is -4.37. The van der Waals surface area contributed by atoms with E-state index in [0.29, 0.717) is 24.9 Å². The van der Waals surface area contributed by atoms with Crippen molar-refractivity contribution in [1.82, 2.24) is 29.1 Å². The molecule has 2 aromatic carbocycles. The van der Waals surface area contributed by atoms with E-state index in [1.165, 1.54) is 28.1 Å². The second-order valence-electron chi connectivity index (χ2n) is 13.4. The Morgan fingerprint density at radius 1 is 0.961 bits per heavy atom. The van der Waals surface area contributed by atoms with Gasteiger partial charge in [-0.15, -0.1) is 0 Å². The average Bonchev–Trinajstić information content (AvgIpc) is 3.83. The normalized spacial score (nSPS) is 23.7. The number of carbonyl (C=O) groups excluding carboxylic acids is 2. The molecule has 2 aromatic heterocycles. The molecule has 4 atom stereocenters. The number of carboxylic acid groups (broad SMARTS) is 1. The second kappa shape index (κ2) is 13.6. The monoisotopic (exact) mass is 751 g/mol. The Morgan fingerprint density at radius 3 is 2.33 bits per heavy atom. The molecule has 51 heavy (non-hydrogen) atoms. The first-order chi connectivity index (χ1) is 24.4. The molecule has 2 N–H and O–H groups in total. The molecule has 13 nitrogen and oxygen atoms in total. The van der Waals surface area contributed by atoms with Crippen molar-refractivity contribution in [2.24, 2.45) is 5.92 Å². The number of aliphatic carboxylic acids is 1. The van der Waals surface area contributed by atoms with Gasteiger partial charge in [0.25, 0.3) is 15.9 Å². The van der Waals surface area contributed by atoms with Crippen LogP contribution in [0.1, 0.15) is 51.0 Å².